The van der Waals surface area contributed by atoms with Crippen molar-refractivity contribution < 1.29 is 14.3 Å². The van der Waals surface area contributed by atoms with Crippen LogP contribution in [0.15, 0.2) is 42.5 Å². The number of hydrogen-bond donors (Lipinski definition) is 0. The van der Waals surface area contributed by atoms with Crippen LogP contribution in [0.5, 0.6) is 5.75 Å². The molecule has 1 heterocycles. The molecule has 4 heteroatoms. The van der Waals surface area contributed by atoms with Crippen molar-refractivity contribution >= 4 is 17.4 Å². The highest BCUT2D eigenvalue weighted by Crippen LogP contribution is 2.46. The Labute approximate surface area is 134 Å². The largest absolute Gasteiger partial charge is 0.453 e. The van der Waals surface area contributed by atoms with Gasteiger partial charge >= 0.3 is 0 Å². The second kappa shape index (κ2) is 5.41. The van der Waals surface area contributed by atoms with Gasteiger partial charge in [0.1, 0.15) is 5.75 Å². The normalized spacial score (nSPS) is 23.0. The highest BCUT2D eigenvalue weighted by molar-refractivity contribution is 6.30. The lowest BCUT2D eigenvalue weighted by atomic mass is 9.88. The molecule has 0 bridgehead atoms. The van der Waals surface area contributed by atoms with Gasteiger partial charge in [-0.25, -0.2) is 0 Å². The maximum Gasteiger partial charge on any atom is 0.281 e. The molecule has 0 radical (unpaired) electrons. The minimum atomic E-state index is -1.33. The molecule has 1 aliphatic heterocycles. The van der Waals surface area contributed by atoms with Crippen LogP contribution in [0.3, 0.4) is 0 Å². The van der Waals surface area contributed by atoms with E-state index in [9.17, 15) is 4.79 Å². The highest BCUT2D eigenvalue weighted by atomic mass is 35.5. The SMILES string of the molecule is COC1(C(=O)c2ccc(Cl)cc2)Oc2ccc(C)cc2C1C. The number of carbonyl (C=O) groups excluding carboxylic acids is 1. The van der Waals surface area contributed by atoms with Crippen LogP contribution in [-0.4, -0.2) is 18.7 Å². The first-order valence-electron chi connectivity index (χ1n) is 7.13. The molecule has 2 unspecified atom stereocenters. The van der Waals surface area contributed by atoms with Gasteiger partial charge in [-0.1, -0.05) is 36.2 Å². The third kappa shape index (κ3) is 2.21. The second-order valence-corrected chi connectivity index (χ2v) is 6.01. The van der Waals surface area contributed by atoms with Crippen LogP contribution in [0, 0.1) is 6.92 Å². The molecule has 2 atom stereocenters. The monoisotopic (exact) mass is 316 g/mol. The van der Waals surface area contributed by atoms with E-state index in [1.165, 1.54) is 7.11 Å². The fourth-order valence-electron chi connectivity index (χ4n) is 2.91. The van der Waals surface area contributed by atoms with Gasteiger partial charge in [0.05, 0.1) is 5.92 Å². The molecule has 0 aliphatic carbocycles. The van der Waals surface area contributed by atoms with Crippen LogP contribution in [0.1, 0.15) is 34.3 Å². The fourth-order valence-corrected chi connectivity index (χ4v) is 3.04. The Hall–Kier alpha value is -1.84. The molecule has 0 N–H and O–H groups in total. The molecule has 22 heavy (non-hydrogen) atoms. The number of halogens is 1. The summed E-state index contributed by atoms with van der Waals surface area (Å²) in [5, 5.41) is 0.585. The number of methoxy groups -OCH3 is 1. The van der Waals surface area contributed by atoms with Crippen LogP contribution >= 0.6 is 11.6 Å². The standard InChI is InChI=1S/C18H17ClO3/c1-11-4-9-16-15(10-11)12(2)18(21-3,22-16)17(20)13-5-7-14(19)8-6-13/h4-10,12H,1-3H3. The van der Waals surface area contributed by atoms with E-state index >= 15 is 0 Å². The molecule has 2 aromatic rings. The van der Waals surface area contributed by atoms with E-state index in [2.05, 4.69) is 0 Å². The minimum Gasteiger partial charge on any atom is -0.453 e. The smallest absolute Gasteiger partial charge is 0.281 e. The van der Waals surface area contributed by atoms with E-state index in [1.54, 1.807) is 24.3 Å². The van der Waals surface area contributed by atoms with Crippen LogP contribution in [-0.2, 0) is 4.74 Å². The van der Waals surface area contributed by atoms with Gasteiger partial charge in [-0.15, -0.1) is 0 Å². The van der Waals surface area contributed by atoms with E-state index in [0.29, 0.717) is 16.3 Å². The van der Waals surface area contributed by atoms with Crippen LogP contribution in [0.4, 0.5) is 0 Å². The first-order valence-corrected chi connectivity index (χ1v) is 7.51. The number of aryl methyl sites for hydroxylation is 1. The van der Waals surface area contributed by atoms with E-state index < -0.39 is 5.79 Å². The van der Waals surface area contributed by atoms with E-state index in [1.807, 2.05) is 32.0 Å². The third-order valence-electron chi connectivity index (χ3n) is 4.19. The number of rotatable bonds is 3. The summed E-state index contributed by atoms with van der Waals surface area (Å²) in [7, 11) is 1.50. The molecule has 3 nitrogen and oxygen atoms in total. The van der Waals surface area contributed by atoms with Crippen molar-refractivity contribution in [2.75, 3.05) is 7.11 Å². The van der Waals surface area contributed by atoms with E-state index in [4.69, 9.17) is 21.1 Å². The molecule has 0 saturated heterocycles. The molecule has 0 spiro atoms. The fraction of sp³-hybridized carbons (Fsp3) is 0.278. The molecule has 0 fully saturated rings. The number of ketones is 1. The lowest BCUT2D eigenvalue weighted by molar-refractivity contribution is -0.126. The van der Waals surface area contributed by atoms with Gasteiger partial charge < -0.3 is 9.47 Å². The van der Waals surface area contributed by atoms with Gasteiger partial charge in [0, 0.05) is 23.3 Å². The van der Waals surface area contributed by atoms with Crippen molar-refractivity contribution in [3.8, 4) is 5.75 Å². The van der Waals surface area contributed by atoms with Gasteiger partial charge in [-0.05, 0) is 37.3 Å². The predicted molar refractivity (Wildman–Crippen MR) is 85.7 cm³/mol. The Balaban J connectivity index is 2.04. The van der Waals surface area contributed by atoms with Crippen molar-refractivity contribution in [1.82, 2.24) is 0 Å². The first-order chi connectivity index (χ1) is 10.5. The van der Waals surface area contributed by atoms with Crippen molar-refractivity contribution in [1.29, 1.82) is 0 Å². The molecule has 1 aliphatic rings. The summed E-state index contributed by atoms with van der Waals surface area (Å²) in [6.45, 7) is 3.96. The van der Waals surface area contributed by atoms with Crippen LogP contribution < -0.4 is 4.74 Å². The number of Topliss-reactive ketones (excluding diaryl/α,β-unsaturated/α-hetero) is 1. The molecule has 0 aromatic heterocycles. The topological polar surface area (TPSA) is 35.5 Å². The zero-order valence-corrected chi connectivity index (χ0v) is 13.5. The Morgan fingerprint density at radius 1 is 1.23 bits per heavy atom. The number of fused-ring (bicyclic) bond motifs is 1. The van der Waals surface area contributed by atoms with E-state index in [0.717, 1.165) is 11.1 Å². The molecule has 0 saturated carbocycles. The summed E-state index contributed by atoms with van der Waals surface area (Å²) >= 11 is 5.89. The molecule has 3 rings (SSSR count). The Morgan fingerprint density at radius 3 is 2.55 bits per heavy atom. The quantitative estimate of drug-likeness (QED) is 0.789. The molecule has 2 aromatic carbocycles. The summed E-state index contributed by atoms with van der Waals surface area (Å²) < 4.78 is 11.5. The Kier molecular flexibility index (Phi) is 3.71. The lowest BCUT2D eigenvalue weighted by Gasteiger charge is -2.29. The number of carbonyl (C=O) groups is 1. The van der Waals surface area contributed by atoms with Gasteiger partial charge in [-0.2, -0.15) is 0 Å². The zero-order chi connectivity index (χ0) is 15.9. The van der Waals surface area contributed by atoms with Gasteiger partial charge in [-0.3, -0.25) is 4.79 Å². The molecular formula is C18H17ClO3. The average molecular weight is 317 g/mol. The maximum absolute atomic E-state index is 13.0. The van der Waals surface area contributed by atoms with Crippen molar-refractivity contribution in [2.24, 2.45) is 0 Å². The average Bonchev–Trinajstić information content (AvgIpc) is 2.81. The summed E-state index contributed by atoms with van der Waals surface area (Å²) in [4.78, 5) is 13.0. The summed E-state index contributed by atoms with van der Waals surface area (Å²) in [6.07, 6.45) is 0. The van der Waals surface area contributed by atoms with E-state index in [-0.39, 0.29) is 11.7 Å². The lowest BCUT2D eigenvalue weighted by Crippen LogP contribution is -2.47. The van der Waals surface area contributed by atoms with Gasteiger partial charge in [0.25, 0.3) is 5.79 Å². The minimum absolute atomic E-state index is 0.199. The summed E-state index contributed by atoms with van der Waals surface area (Å²) in [6, 6.07) is 12.6. The van der Waals surface area contributed by atoms with Crippen molar-refractivity contribution in [2.45, 2.75) is 25.6 Å². The van der Waals surface area contributed by atoms with Crippen LogP contribution in [0.25, 0.3) is 0 Å². The van der Waals surface area contributed by atoms with Gasteiger partial charge in [0.2, 0.25) is 5.78 Å². The Morgan fingerprint density at radius 2 is 1.91 bits per heavy atom. The van der Waals surface area contributed by atoms with Crippen molar-refractivity contribution in [3.63, 3.8) is 0 Å². The molecular weight excluding hydrogens is 300 g/mol. The van der Waals surface area contributed by atoms with Crippen LogP contribution in [0.2, 0.25) is 5.02 Å². The third-order valence-corrected chi connectivity index (χ3v) is 4.44. The highest BCUT2D eigenvalue weighted by Gasteiger charge is 2.53. The van der Waals surface area contributed by atoms with Gasteiger partial charge in [0.15, 0.2) is 0 Å². The summed E-state index contributed by atoms with van der Waals surface area (Å²) in [5.41, 5.74) is 2.63. The predicted octanol–water partition coefficient (Wildman–Crippen LogP) is 4.37. The first kappa shape index (κ1) is 15.1. The Bertz CT molecular complexity index is 724. The van der Waals surface area contributed by atoms with Crippen molar-refractivity contribution in [3.05, 3.63) is 64.2 Å². The maximum atomic E-state index is 13.0. The molecule has 114 valence electrons. The number of benzene rings is 2. The zero-order valence-electron chi connectivity index (χ0n) is 12.7. The second-order valence-electron chi connectivity index (χ2n) is 5.57. The summed E-state index contributed by atoms with van der Waals surface area (Å²) in [5.74, 6) is -1.03. The molecule has 0 amide bonds. The number of ether oxygens (including phenoxy) is 2. The number of hydrogen-bond acceptors (Lipinski definition) is 3.